The van der Waals surface area contributed by atoms with Gasteiger partial charge in [0.1, 0.15) is 0 Å². The summed E-state index contributed by atoms with van der Waals surface area (Å²) in [5, 5.41) is 4.78. The average Bonchev–Trinajstić information content (AvgIpc) is 2.79. The van der Waals surface area contributed by atoms with E-state index in [2.05, 4.69) is 26.7 Å². The standard InChI is InChI=1S/C9H8BrClN2S2/c10-7-3-5(4-15-7)8(13-12)9-6(11)1-2-14-9/h1-4,8,13H,12H2. The van der Waals surface area contributed by atoms with E-state index >= 15 is 0 Å². The SMILES string of the molecule is NNC(c1csc(Br)c1)c1sccc1Cl. The number of hydrazine groups is 1. The number of hydrogen-bond acceptors (Lipinski definition) is 4. The minimum absolute atomic E-state index is 0.0277. The molecule has 80 valence electrons. The van der Waals surface area contributed by atoms with E-state index < -0.39 is 0 Å². The Morgan fingerprint density at radius 3 is 2.73 bits per heavy atom. The molecule has 0 aliphatic rings. The predicted octanol–water partition coefficient (Wildman–Crippen LogP) is 3.78. The summed E-state index contributed by atoms with van der Waals surface area (Å²) < 4.78 is 1.09. The highest BCUT2D eigenvalue weighted by Gasteiger charge is 2.17. The summed E-state index contributed by atoms with van der Waals surface area (Å²) in [4.78, 5) is 1.05. The van der Waals surface area contributed by atoms with Crippen LogP contribution in [0.5, 0.6) is 0 Å². The molecule has 2 aromatic rings. The van der Waals surface area contributed by atoms with Crippen molar-refractivity contribution in [2.24, 2.45) is 5.84 Å². The summed E-state index contributed by atoms with van der Waals surface area (Å²) in [6.07, 6.45) is 0. The van der Waals surface area contributed by atoms with Crippen LogP contribution in [-0.4, -0.2) is 0 Å². The second-order valence-corrected chi connectivity index (χ2v) is 6.56. The normalized spacial score (nSPS) is 13.0. The second-order valence-electron chi connectivity index (χ2n) is 2.92. The van der Waals surface area contributed by atoms with Gasteiger partial charge in [0.25, 0.3) is 0 Å². The van der Waals surface area contributed by atoms with Gasteiger partial charge in [0.15, 0.2) is 0 Å². The predicted molar refractivity (Wildman–Crippen MR) is 70.5 cm³/mol. The third-order valence-corrected chi connectivity index (χ3v) is 4.94. The van der Waals surface area contributed by atoms with Crippen LogP contribution in [0, 0.1) is 0 Å². The van der Waals surface area contributed by atoms with Crippen molar-refractivity contribution >= 4 is 50.2 Å². The van der Waals surface area contributed by atoms with E-state index in [1.165, 1.54) is 0 Å². The summed E-state index contributed by atoms with van der Waals surface area (Å²) >= 11 is 12.7. The monoisotopic (exact) mass is 322 g/mol. The van der Waals surface area contributed by atoms with Crippen molar-refractivity contribution in [3.05, 3.63) is 42.1 Å². The Kier molecular flexibility index (Phi) is 3.82. The van der Waals surface area contributed by atoms with Gasteiger partial charge in [0.05, 0.1) is 14.9 Å². The van der Waals surface area contributed by atoms with Crippen LogP contribution in [0.3, 0.4) is 0 Å². The van der Waals surface area contributed by atoms with Crippen LogP contribution in [0.15, 0.2) is 26.7 Å². The van der Waals surface area contributed by atoms with E-state index in [4.69, 9.17) is 17.4 Å². The van der Waals surface area contributed by atoms with Crippen LogP contribution in [0.2, 0.25) is 5.02 Å². The zero-order valence-corrected chi connectivity index (χ0v) is 11.5. The Labute approximate surface area is 109 Å². The fourth-order valence-electron chi connectivity index (χ4n) is 1.31. The van der Waals surface area contributed by atoms with Gasteiger partial charge in [-0.05, 0) is 44.4 Å². The molecule has 0 saturated carbocycles. The molecule has 0 aromatic carbocycles. The van der Waals surface area contributed by atoms with Crippen molar-refractivity contribution in [2.75, 3.05) is 0 Å². The van der Waals surface area contributed by atoms with Gasteiger partial charge in [-0.25, -0.2) is 5.43 Å². The first-order chi connectivity index (χ1) is 7.22. The molecule has 0 amide bonds. The zero-order valence-electron chi connectivity index (χ0n) is 7.54. The fraction of sp³-hybridized carbons (Fsp3) is 0.111. The van der Waals surface area contributed by atoms with Crippen LogP contribution < -0.4 is 11.3 Å². The molecule has 1 atom stereocenters. The highest BCUT2D eigenvalue weighted by atomic mass is 79.9. The minimum Gasteiger partial charge on any atom is -0.271 e. The Morgan fingerprint density at radius 2 is 2.27 bits per heavy atom. The summed E-state index contributed by atoms with van der Waals surface area (Å²) in [6.45, 7) is 0. The van der Waals surface area contributed by atoms with Crippen molar-refractivity contribution in [2.45, 2.75) is 6.04 Å². The first-order valence-corrected chi connectivity index (χ1v) is 7.08. The first-order valence-electron chi connectivity index (χ1n) is 4.15. The number of nitrogens with one attached hydrogen (secondary N) is 1. The molecule has 0 spiro atoms. The number of rotatable bonds is 3. The van der Waals surface area contributed by atoms with Gasteiger partial charge in [-0.2, -0.15) is 0 Å². The molecule has 6 heteroatoms. The van der Waals surface area contributed by atoms with Gasteiger partial charge in [-0.1, -0.05) is 11.6 Å². The molecule has 2 rings (SSSR count). The lowest BCUT2D eigenvalue weighted by atomic mass is 10.1. The van der Waals surface area contributed by atoms with Crippen molar-refractivity contribution in [1.82, 2.24) is 5.43 Å². The molecule has 0 radical (unpaired) electrons. The van der Waals surface area contributed by atoms with Gasteiger partial charge in [-0.3, -0.25) is 5.84 Å². The lowest BCUT2D eigenvalue weighted by Crippen LogP contribution is -2.28. The molecule has 0 aliphatic heterocycles. The van der Waals surface area contributed by atoms with E-state index in [1.807, 2.05) is 17.5 Å². The smallest absolute Gasteiger partial charge is 0.0825 e. The molecule has 3 N–H and O–H groups in total. The number of thiophene rings is 2. The molecular formula is C9H8BrClN2S2. The van der Waals surface area contributed by atoms with Gasteiger partial charge in [0.2, 0.25) is 0 Å². The van der Waals surface area contributed by atoms with E-state index in [1.54, 1.807) is 22.7 Å². The maximum Gasteiger partial charge on any atom is 0.0825 e. The molecule has 0 bridgehead atoms. The van der Waals surface area contributed by atoms with Crippen LogP contribution in [0.25, 0.3) is 0 Å². The summed E-state index contributed by atoms with van der Waals surface area (Å²) in [6, 6.07) is 3.90. The Hall–Kier alpha value is 0.0900. The number of halogens is 2. The topological polar surface area (TPSA) is 38.0 Å². The van der Waals surface area contributed by atoms with Crippen LogP contribution in [0.4, 0.5) is 0 Å². The molecule has 0 saturated heterocycles. The minimum atomic E-state index is -0.0277. The maximum absolute atomic E-state index is 6.08. The molecular weight excluding hydrogens is 316 g/mol. The zero-order chi connectivity index (χ0) is 10.8. The molecule has 0 aliphatic carbocycles. The van der Waals surface area contributed by atoms with Crippen LogP contribution >= 0.6 is 50.2 Å². The third kappa shape index (κ3) is 2.43. The Morgan fingerprint density at radius 1 is 1.47 bits per heavy atom. The number of hydrogen-bond donors (Lipinski definition) is 2. The van der Waals surface area contributed by atoms with E-state index in [-0.39, 0.29) is 6.04 Å². The van der Waals surface area contributed by atoms with Gasteiger partial charge >= 0.3 is 0 Å². The van der Waals surface area contributed by atoms with E-state index in [9.17, 15) is 0 Å². The molecule has 15 heavy (non-hydrogen) atoms. The van der Waals surface area contributed by atoms with E-state index in [0.29, 0.717) is 0 Å². The molecule has 0 fully saturated rings. The van der Waals surface area contributed by atoms with Crippen LogP contribution in [-0.2, 0) is 0 Å². The van der Waals surface area contributed by atoms with Crippen molar-refractivity contribution < 1.29 is 0 Å². The lowest BCUT2D eigenvalue weighted by Gasteiger charge is -2.13. The largest absolute Gasteiger partial charge is 0.271 e. The van der Waals surface area contributed by atoms with E-state index in [0.717, 1.165) is 19.2 Å². The second kappa shape index (κ2) is 4.95. The molecule has 2 heterocycles. The summed E-state index contributed by atoms with van der Waals surface area (Å²) in [5.74, 6) is 5.56. The van der Waals surface area contributed by atoms with Crippen molar-refractivity contribution in [3.63, 3.8) is 0 Å². The highest BCUT2D eigenvalue weighted by Crippen LogP contribution is 2.35. The summed E-state index contributed by atoms with van der Waals surface area (Å²) in [5.41, 5.74) is 3.91. The number of nitrogens with two attached hydrogens (primary N) is 1. The third-order valence-electron chi connectivity index (χ3n) is 1.99. The maximum atomic E-state index is 6.08. The Bertz CT molecular complexity index is 454. The molecule has 2 aromatic heterocycles. The average molecular weight is 324 g/mol. The summed E-state index contributed by atoms with van der Waals surface area (Å²) in [7, 11) is 0. The highest BCUT2D eigenvalue weighted by molar-refractivity contribution is 9.11. The molecule has 2 nitrogen and oxygen atoms in total. The van der Waals surface area contributed by atoms with Gasteiger partial charge in [0, 0.05) is 4.88 Å². The molecule has 1 unspecified atom stereocenters. The fourth-order valence-corrected chi connectivity index (χ4v) is 3.76. The van der Waals surface area contributed by atoms with Gasteiger partial charge < -0.3 is 0 Å². The first kappa shape index (κ1) is 11.6. The van der Waals surface area contributed by atoms with Gasteiger partial charge in [-0.15, -0.1) is 22.7 Å². The lowest BCUT2D eigenvalue weighted by molar-refractivity contribution is 0.648. The van der Waals surface area contributed by atoms with Crippen molar-refractivity contribution in [3.8, 4) is 0 Å². The van der Waals surface area contributed by atoms with Crippen molar-refractivity contribution in [1.29, 1.82) is 0 Å². The Balaban J connectivity index is 2.36. The van der Waals surface area contributed by atoms with Crippen LogP contribution in [0.1, 0.15) is 16.5 Å². The quantitative estimate of drug-likeness (QED) is 0.666.